The average molecular weight is 259 g/mol. The summed E-state index contributed by atoms with van der Waals surface area (Å²) >= 11 is 5.57. The van der Waals surface area contributed by atoms with Crippen LogP contribution in [0.3, 0.4) is 0 Å². The van der Waals surface area contributed by atoms with E-state index in [1.54, 1.807) is 24.3 Å². The zero-order chi connectivity index (χ0) is 13.0. The molecule has 1 aromatic carbocycles. The molecule has 0 radical (unpaired) electrons. The van der Waals surface area contributed by atoms with Gasteiger partial charge >= 0.3 is 0 Å². The van der Waals surface area contributed by atoms with Crippen molar-refractivity contribution in [3.8, 4) is 6.07 Å². The topological polar surface area (TPSA) is 78.7 Å². The highest BCUT2D eigenvalue weighted by Gasteiger charge is 2.08. The Kier molecular flexibility index (Phi) is 3.51. The highest BCUT2D eigenvalue weighted by molar-refractivity contribution is 6.29. The van der Waals surface area contributed by atoms with Gasteiger partial charge < -0.3 is 5.32 Å². The molecule has 1 N–H and O–H groups in total. The fourth-order valence-corrected chi connectivity index (χ4v) is 1.36. The summed E-state index contributed by atoms with van der Waals surface area (Å²) in [5.74, 6) is -0.385. The molecule has 0 spiro atoms. The van der Waals surface area contributed by atoms with Gasteiger partial charge in [0.2, 0.25) is 0 Å². The molecule has 0 aliphatic carbocycles. The van der Waals surface area contributed by atoms with Crippen LogP contribution in [0.1, 0.15) is 16.1 Å². The number of nitriles is 1. The molecule has 0 saturated heterocycles. The van der Waals surface area contributed by atoms with Gasteiger partial charge in [0.15, 0.2) is 10.8 Å². The number of carbonyl (C=O) groups is 1. The van der Waals surface area contributed by atoms with Crippen LogP contribution in [0.5, 0.6) is 0 Å². The zero-order valence-electron chi connectivity index (χ0n) is 9.09. The molecule has 2 aromatic rings. The third kappa shape index (κ3) is 2.81. The molecule has 0 fully saturated rings. The third-order valence-corrected chi connectivity index (χ3v) is 2.34. The lowest BCUT2D eigenvalue weighted by atomic mass is 10.2. The Bertz CT molecular complexity index is 601. The van der Waals surface area contributed by atoms with Crippen LogP contribution in [0.25, 0.3) is 0 Å². The van der Waals surface area contributed by atoms with Crippen LogP contribution in [0.15, 0.2) is 36.4 Å². The van der Waals surface area contributed by atoms with Crippen LogP contribution in [-0.2, 0) is 0 Å². The van der Waals surface area contributed by atoms with E-state index in [1.165, 1.54) is 12.1 Å². The van der Waals surface area contributed by atoms with Gasteiger partial charge in [-0.25, -0.2) is 0 Å². The van der Waals surface area contributed by atoms with Gasteiger partial charge in [-0.2, -0.15) is 5.26 Å². The number of anilines is 1. The number of carbonyl (C=O) groups excluding carboxylic acids is 1. The van der Waals surface area contributed by atoms with Gasteiger partial charge in [0.05, 0.1) is 11.6 Å². The molecule has 0 saturated carbocycles. The first kappa shape index (κ1) is 12.0. The Morgan fingerprint density at radius 3 is 2.44 bits per heavy atom. The summed E-state index contributed by atoms with van der Waals surface area (Å²) in [5, 5.41) is 18.8. The molecule has 5 nitrogen and oxygen atoms in total. The first-order valence-corrected chi connectivity index (χ1v) is 5.37. The van der Waals surface area contributed by atoms with Crippen LogP contribution < -0.4 is 5.32 Å². The number of halogens is 1. The largest absolute Gasteiger partial charge is 0.321 e. The van der Waals surface area contributed by atoms with Gasteiger partial charge in [0.1, 0.15) is 0 Å². The molecular weight excluding hydrogens is 252 g/mol. The molecule has 2 rings (SSSR count). The SMILES string of the molecule is N#Cc1ccc(NC(=O)c2ccc(Cl)nn2)cc1. The van der Waals surface area contributed by atoms with Crippen molar-refractivity contribution in [2.75, 3.05) is 5.32 Å². The van der Waals surface area contributed by atoms with Gasteiger partial charge in [-0.3, -0.25) is 4.79 Å². The van der Waals surface area contributed by atoms with E-state index in [4.69, 9.17) is 16.9 Å². The minimum Gasteiger partial charge on any atom is -0.321 e. The summed E-state index contributed by atoms with van der Waals surface area (Å²) in [4.78, 5) is 11.8. The summed E-state index contributed by atoms with van der Waals surface area (Å²) in [6.07, 6.45) is 0. The number of nitrogens with zero attached hydrogens (tertiary/aromatic N) is 3. The summed E-state index contributed by atoms with van der Waals surface area (Å²) in [6, 6.07) is 11.5. The maximum absolute atomic E-state index is 11.8. The Morgan fingerprint density at radius 2 is 1.89 bits per heavy atom. The van der Waals surface area contributed by atoms with Crippen LogP contribution in [-0.4, -0.2) is 16.1 Å². The molecule has 0 unspecified atom stereocenters. The van der Waals surface area contributed by atoms with Crippen molar-refractivity contribution in [2.24, 2.45) is 0 Å². The minimum atomic E-state index is -0.385. The van der Waals surface area contributed by atoms with E-state index in [9.17, 15) is 4.79 Å². The first-order chi connectivity index (χ1) is 8.69. The van der Waals surface area contributed by atoms with E-state index in [-0.39, 0.29) is 16.8 Å². The molecule has 1 amide bonds. The van der Waals surface area contributed by atoms with Gasteiger partial charge in [-0.05, 0) is 36.4 Å². The van der Waals surface area contributed by atoms with E-state index in [0.717, 1.165) is 0 Å². The first-order valence-electron chi connectivity index (χ1n) is 5.00. The summed E-state index contributed by atoms with van der Waals surface area (Å²) < 4.78 is 0. The fraction of sp³-hybridized carbons (Fsp3) is 0. The normalized spacial score (nSPS) is 9.56. The summed E-state index contributed by atoms with van der Waals surface area (Å²) in [5.41, 5.74) is 1.28. The van der Waals surface area contributed by atoms with E-state index in [1.807, 2.05) is 6.07 Å². The zero-order valence-corrected chi connectivity index (χ0v) is 9.85. The van der Waals surface area contributed by atoms with Crippen LogP contribution in [0.4, 0.5) is 5.69 Å². The van der Waals surface area contributed by atoms with E-state index >= 15 is 0 Å². The molecule has 88 valence electrons. The highest BCUT2D eigenvalue weighted by atomic mass is 35.5. The second kappa shape index (κ2) is 5.25. The Balaban J connectivity index is 2.11. The Hall–Kier alpha value is -2.45. The van der Waals surface area contributed by atoms with E-state index < -0.39 is 0 Å². The fourth-order valence-electron chi connectivity index (χ4n) is 1.26. The predicted octanol–water partition coefficient (Wildman–Crippen LogP) is 2.25. The Labute approximate surface area is 108 Å². The van der Waals surface area contributed by atoms with Gasteiger partial charge in [-0.1, -0.05) is 11.6 Å². The molecule has 1 aromatic heterocycles. The van der Waals surface area contributed by atoms with Crippen LogP contribution in [0, 0.1) is 11.3 Å². The highest BCUT2D eigenvalue weighted by Crippen LogP contribution is 2.10. The quantitative estimate of drug-likeness (QED) is 0.896. The lowest BCUT2D eigenvalue weighted by Crippen LogP contribution is -2.14. The van der Waals surface area contributed by atoms with Crippen molar-refractivity contribution in [3.05, 3.63) is 52.8 Å². The number of benzene rings is 1. The number of amides is 1. The number of nitrogens with one attached hydrogen (secondary N) is 1. The van der Waals surface area contributed by atoms with Crippen molar-refractivity contribution >= 4 is 23.2 Å². The van der Waals surface area contributed by atoms with Gasteiger partial charge in [0.25, 0.3) is 5.91 Å². The molecule has 18 heavy (non-hydrogen) atoms. The molecule has 6 heteroatoms. The van der Waals surface area contributed by atoms with Gasteiger partial charge in [0, 0.05) is 5.69 Å². The molecule has 0 bridgehead atoms. The predicted molar refractivity (Wildman–Crippen MR) is 66.2 cm³/mol. The molecule has 0 aliphatic rings. The average Bonchev–Trinajstić information content (AvgIpc) is 2.40. The van der Waals surface area contributed by atoms with E-state index in [2.05, 4.69) is 15.5 Å². The van der Waals surface area contributed by atoms with E-state index in [0.29, 0.717) is 11.3 Å². The monoisotopic (exact) mass is 258 g/mol. The maximum atomic E-state index is 11.8. The maximum Gasteiger partial charge on any atom is 0.276 e. The number of hydrogen-bond donors (Lipinski definition) is 1. The molecular formula is C12H7ClN4O. The summed E-state index contributed by atoms with van der Waals surface area (Å²) in [7, 11) is 0. The number of hydrogen-bond acceptors (Lipinski definition) is 4. The van der Waals surface area contributed by atoms with Crippen LogP contribution >= 0.6 is 11.6 Å². The van der Waals surface area contributed by atoms with Crippen molar-refractivity contribution in [1.29, 1.82) is 5.26 Å². The van der Waals surface area contributed by atoms with Crippen molar-refractivity contribution in [2.45, 2.75) is 0 Å². The van der Waals surface area contributed by atoms with Gasteiger partial charge in [-0.15, -0.1) is 10.2 Å². The lowest BCUT2D eigenvalue weighted by Gasteiger charge is -2.03. The standard InChI is InChI=1S/C12H7ClN4O/c13-11-6-5-10(16-17-11)12(18)15-9-3-1-8(7-14)2-4-9/h1-6H,(H,15,18). The second-order valence-electron chi connectivity index (χ2n) is 3.38. The number of rotatable bonds is 2. The molecule has 0 atom stereocenters. The van der Waals surface area contributed by atoms with Crippen LogP contribution in [0.2, 0.25) is 5.15 Å². The second-order valence-corrected chi connectivity index (χ2v) is 3.77. The minimum absolute atomic E-state index is 0.170. The number of aromatic nitrogens is 2. The molecule has 1 heterocycles. The van der Waals surface area contributed by atoms with Crippen molar-refractivity contribution in [3.63, 3.8) is 0 Å². The third-order valence-electron chi connectivity index (χ3n) is 2.14. The van der Waals surface area contributed by atoms with Crippen molar-refractivity contribution < 1.29 is 4.79 Å². The lowest BCUT2D eigenvalue weighted by molar-refractivity contribution is 0.102. The molecule has 0 aliphatic heterocycles. The van der Waals surface area contributed by atoms with Crippen molar-refractivity contribution in [1.82, 2.24) is 10.2 Å². The summed E-state index contributed by atoms with van der Waals surface area (Å²) in [6.45, 7) is 0. The smallest absolute Gasteiger partial charge is 0.276 e. The Morgan fingerprint density at radius 1 is 1.17 bits per heavy atom.